The summed E-state index contributed by atoms with van der Waals surface area (Å²) in [7, 11) is 0. The lowest BCUT2D eigenvalue weighted by atomic mass is 10.0. The number of nitrogens with zero attached hydrogens (tertiary/aromatic N) is 2. The first-order chi connectivity index (χ1) is 8.49. The van der Waals surface area contributed by atoms with E-state index in [1.165, 1.54) is 19.2 Å². The third-order valence-electron chi connectivity index (χ3n) is 2.11. The van der Waals surface area contributed by atoms with Crippen LogP contribution in [-0.4, -0.2) is 27.6 Å². The summed E-state index contributed by atoms with van der Waals surface area (Å²) in [6, 6.07) is 1.28. The maximum Gasteiger partial charge on any atom is 0.342 e. The number of aliphatic hydroxyl groups excluding tert-OH is 1. The summed E-state index contributed by atoms with van der Waals surface area (Å²) in [6.07, 6.45) is 2.31. The van der Waals surface area contributed by atoms with Gasteiger partial charge in [0, 0.05) is 6.20 Å². The summed E-state index contributed by atoms with van der Waals surface area (Å²) in [4.78, 5) is 25.5. The van der Waals surface area contributed by atoms with E-state index in [1.54, 1.807) is 6.92 Å². The summed E-state index contributed by atoms with van der Waals surface area (Å²) >= 11 is 0. The van der Waals surface area contributed by atoms with Crippen molar-refractivity contribution in [2.75, 3.05) is 6.61 Å². The number of hydrogen-bond acceptors (Lipinski definition) is 6. The first-order valence-electron chi connectivity index (χ1n) is 5.14. The van der Waals surface area contributed by atoms with Crippen LogP contribution in [-0.2, 0) is 9.53 Å². The first kappa shape index (κ1) is 13.6. The first-order valence-corrected chi connectivity index (χ1v) is 5.14. The Morgan fingerprint density at radius 3 is 2.78 bits per heavy atom. The SMILES string of the molecule is CCOC(=O)/C(=C(/C)O)c1ccncc1[N+](=O)[O-]. The second-order valence-electron chi connectivity index (χ2n) is 3.33. The Hall–Kier alpha value is -2.44. The number of hydrogen-bond donors (Lipinski definition) is 1. The van der Waals surface area contributed by atoms with Gasteiger partial charge in [-0.05, 0) is 19.9 Å². The summed E-state index contributed by atoms with van der Waals surface area (Å²) in [5, 5.41) is 20.3. The molecule has 0 aliphatic heterocycles. The normalized spacial score (nSPS) is 11.7. The van der Waals surface area contributed by atoms with Crippen LogP contribution in [0.1, 0.15) is 19.4 Å². The molecule has 0 aromatic carbocycles. The van der Waals surface area contributed by atoms with Crippen molar-refractivity contribution in [3.05, 3.63) is 39.9 Å². The zero-order valence-electron chi connectivity index (χ0n) is 9.91. The van der Waals surface area contributed by atoms with Gasteiger partial charge in [-0.2, -0.15) is 0 Å². The lowest BCUT2D eigenvalue weighted by molar-refractivity contribution is -0.385. The highest BCUT2D eigenvalue weighted by Gasteiger charge is 2.25. The molecule has 18 heavy (non-hydrogen) atoms. The molecule has 1 aromatic rings. The number of carbonyl (C=O) groups excluding carboxylic acids is 1. The van der Waals surface area contributed by atoms with Gasteiger partial charge in [0.15, 0.2) is 0 Å². The molecule has 1 rings (SSSR count). The number of ether oxygens (including phenoxy) is 1. The van der Waals surface area contributed by atoms with Crippen LogP contribution in [0.25, 0.3) is 5.57 Å². The lowest BCUT2D eigenvalue weighted by Crippen LogP contribution is -2.10. The van der Waals surface area contributed by atoms with Crippen LogP contribution in [0, 0.1) is 10.1 Å². The molecule has 0 amide bonds. The third-order valence-corrected chi connectivity index (χ3v) is 2.11. The van der Waals surface area contributed by atoms with E-state index in [9.17, 15) is 20.0 Å². The zero-order chi connectivity index (χ0) is 13.7. The number of esters is 1. The number of rotatable bonds is 4. The van der Waals surface area contributed by atoms with Crippen molar-refractivity contribution < 1.29 is 19.6 Å². The van der Waals surface area contributed by atoms with Gasteiger partial charge in [0.1, 0.15) is 17.5 Å². The molecule has 1 heterocycles. The number of aliphatic hydroxyl groups is 1. The van der Waals surface area contributed by atoms with E-state index in [0.29, 0.717) is 0 Å². The Morgan fingerprint density at radius 2 is 2.28 bits per heavy atom. The summed E-state index contributed by atoms with van der Waals surface area (Å²) < 4.78 is 4.75. The highest BCUT2D eigenvalue weighted by molar-refractivity contribution is 6.18. The van der Waals surface area contributed by atoms with Gasteiger partial charge in [-0.1, -0.05) is 0 Å². The number of pyridine rings is 1. The molecule has 0 spiro atoms. The van der Waals surface area contributed by atoms with Gasteiger partial charge >= 0.3 is 5.97 Å². The highest BCUT2D eigenvalue weighted by atomic mass is 16.6. The molecule has 1 aromatic heterocycles. The maximum absolute atomic E-state index is 11.7. The number of carbonyl (C=O) groups is 1. The molecule has 7 heteroatoms. The molecule has 0 unspecified atom stereocenters. The summed E-state index contributed by atoms with van der Waals surface area (Å²) in [5.74, 6) is -1.16. The van der Waals surface area contributed by atoms with Crippen molar-refractivity contribution in [2.45, 2.75) is 13.8 Å². The minimum atomic E-state index is -0.813. The molecule has 0 radical (unpaired) electrons. The van der Waals surface area contributed by atoms with Crippen molar-refractivity contribution in [3.63, 3.8) is 0 Å². The molecule has 0 aliphatic carbocycles. The predicted octanol–water partition coefficient (Wildman–Crippen LogP) is 1.84. The van der Waals surface area contributed by atoms with Gasteiger partial charge < -0.3 is 9.84 Å². The minimum Gasteiger partial charge on any atom is -0.512 e. The molecule has 96 valence electrons. The Morgan fingerprint density at radius 1 is 1.61 bits per heavy atom. The molecule has 7 nitrogen and oxygen atoms in total. The van der Waals surface area contributed by atoms with Gasteiger partial charge in [-0.3, -0.25) is 15.1 Å². The van der Waals surface area contributed by atoms with Crippen LogP contribution in [0.4, 0.5) is 5.69 Å². The van der Waals surface area contributed by atoms with Crippen LogP contribution in [0.15, 0.2) is 24.2 Å². The van der Waals surface area contributed by atoms with Gasteiger partial charge in [0.2, 0.25) is 0 Å². The Bertz CT molecular complexity index is 506. The molecule has 0 aliphatic rings. The fourth-order valence-corrected chi connectivity index (χ4v) is 1.40. The van der Waals surface area contributed by atoms with Crippen LogP contribution in [0.2, 0.25) is 0 Å². The van der Waals surface area contributed by atoms with Crippen LogP contribution in [0.3, 0.4) is 0 Å². The predicted molar refractivity (Wildman–Crippen MR) is 62.7 cm³/mol. The fraction of sp³-hybridized carbons (Fsp3) is 0.273. The molecule has 0 fully saturated rings. The Labute approximate surface area is 103 Å². The molecule has 0 saturated heterocycles. The quantitative estimate of drug-likeness (QED) is 0.288. The van der Waals surface area contributed by atoms with E-state index in [4.69, 9.17) is 4.74 Å². The van der Waals surface area contributed by atoms with E-state index in [1.807, 2.05) is 0 Å². The third kappa shape index (κ3) is 2.82. The molecule has 0 atom stereocenters. The van der Waals surface area contributed by atoms with Gasteiger partial charge in [-0.15, -0.1) is 0 Å². The Balaban J connectivity index is 3.37. The topological polar surface area (TPSA) is 103 Å². The standard InChI is InChI=1S/C11H12N2O5/c1-3-18-11(15)10(7(2)14)8-4-5-12-6-9(8)13(16)17/h4-6,14H,3H2,1-2H3/b10-7-. The van der Waals surface area contributed by atoms with Crippen LogP contribution in [0.5, 0.6) is 0 Å². The Kier molecular flexibility index (Phi) is 4.36. The summed E-state index contributed by atoms with van der Waals surface area (Å²) in [6.45, 7) is 2.97. The van der Waals surface area contributed by atoms with Gasteiger partial charge in [0.05, 0.1) is 17.1 Å². The van der Waals surface area contributed by atoms with Crippen molar-refractivity contribution in [1.82, 2.24) is 4.98 Å². The zero-order valence-corrected chi connectivity index (χ0v) is 9.91. The van der Waals surface area contributed by atoms with Gasteiger partial charge in [0.25, 0.3) is 5.69 Å². The van der Waals surface area contributed by atoms with E-state index >= 15 is 0 Å². The second kappa shape index (κ2) is 5.76. The number of allylic oxidation sites excluding steroid dienone is 1. The smallest absolute Gasteiger partial charge is 0.342 e. The fourth-order valence-electron chi connectivity index (χ4n) is 1.40. The van der Waals surface area contributed by atoms with Crippen molar-refractivity contribution >= 4 is 17.2 Å². The van der Waals surface area contributed by atoms with Crippen LogP contribution < -0.4 is 0 Å². The molecule has 1 N–H and O–H groups in total. The van der Waals surface area contributed by atoms with E-state index in [-0.39, 0.29) is 29.2 Å². The van der Waals surface area contributed by atoms with Crippen molar-refractivity contribution in [1.29, 1.82) is 0 Å². The van der Waals surface area contributed by atoms with E-state index in [2.05, 4.69) is 4.98 Å². The summed E-state index contributed by atoms with van der Waals surface area (Å²) in [5.41, 5.74) is -0.617. The largest absolute Gasteiger partial charge is 0.512 e. The van der Waals surface area contributed by atoms with Crippen molar-refractivity contribution in [3.8, 4) is 0 Å². The molecular weight excluding hydrogens is 240 g/mol. The van der Waals surface area contributed by atoms with E-state index in [0.717, 1.165) is 6.20 Å². The lowest BCUT2D eigenvalue weighted by Gasteiger charge is -2.08. The second-order valence-corrected chi connectivity index (χ2v) is 3.33. The maximum atomic E-state index is 11.7. The number of aromatic nitrogens is 1. The monoisotopic (exact) mass is 252 g/mol. The van der Waals surface area contributed by atoms with Crippen molar-refractivity contribution in [2.24, 2.45) is 0 Å². The average molecular weight is 252 g/mol. The average Bonchev–Trinajstić information content (AvgIpc) is 2.29. The number of nitro groups is 1. The molecule has 0 saturated carbocycles. The molecular formula is C11H12N2O5. The van der Waals surface area contributed by atoms with Crippen LogP contribution >= 0.6 is 0 Å². The highest BCUT2D eigenvalue weighted by Crippen LogP contribution is 2.27. The molecule has 0 bridgehead atoms. The minimum absolute atomic E-state index is 0.0200. The van der Waals surface area contributed by atoms with E-state index < -0.39 is 10.9 Å². The van der Waals surface area contributed by atoms with Gasteiger partial charge in [-0.25, -0.2) is 4.79 Å².